The van der Waals surface area contributed by atoms with Crippen LogP contribution in [0.15, 0.2) is 17.5 Å². The summed E-state index contributed by atoms with van der Waals surface area (Å²) in [6.45, 7) is 2.31. The van der Waals surface area contributed by atoms with Crippen molar-refractivity contribution in [2.75, 3.05) is 6.54 Å². The van der Waals surface area contributed by atoms with Gasteiger partial charge in [0.25, 0.3) is 0 Å². The monoisotopic (exact) mass is 270 g/mol. The number of carbonyl (C=O) groups excluding carboxylic acids is 1. The van der Waals surface area contributed by atoms with Gasteiger partial charge in [-0.25, -0.2) is 4.79 Å². The SMILES string of the molecule is CC(CCCN)C(=O)NC(C(=O)O)c1cccs1. The third-order valence-corrected chi connectivity index (χ3v) is 3.59. The zero-order valence-corrected chi connectivity index (χ0v) is 11.1. The van der Waals surface area contributed by atoms with E-state index < -0.39 is 12.0 Å². The van der Waals surface area contributed by atoms with Gasteiger partial charge in [-0.1, -0.05) is 13.0 Å². The highest BCUT2D eigenvalue weighted by Gasteiger charge is 2.24. The molecule has 1 rings (SSSR count). The van der Waals surface area contributed by atoms with E-state index in [1.165, 1.54) is 11.3 Å². The lowest BCUT2D eigenvalue weighted by molar-refractivity contribution is -0.142. The van der Waals surface area contributed by atoms with Gasteiger partial charge >= 0.3 is 5.97 Å². The Kier molecular flexibility index (Phi) is 5.80. The van der Waals surface area contributed by atoms with Gasteiger partial charge in [-0.2, -0.15) is 0 Å². The first-order valence-corrected chi connectivity index (χ1v) is 6.71. The zero-order chi connectivity index (χ0) is 13.5. The molecule has 0 spiro atoms. The molecule has 6 heteroatoms. The van der Waals surface area contributed by atoms with Gasteiger partial charge in [0.05, 0.1) is 0 Å². The normalized spacial score (nSPS) is 13.9. The van der Waals surface area contributed by atoms with Crippen molar-refractivity contribution in [2.24, 2.45) is 11.7 Å². The van der Waals surface area contributed by atoms with E-state index in [0.717, 1.165) is 6.42 Å². The number of nitrogens with two attached hydrogens (primary N) is 1. The maximum absolute atomic E-state index is 11.8. The molecule has 1 amide bonds. The minimum absolute atomic E-state index is 0.227. The second-order valence-corrected chi connectivity index (χ2v) is 5.11. The van der Waals surface area contributed by atoms with Crippen LogP contribution in [0.25, 0.3) is 0 Å². The van der Waals surface area contributed by atoms with Crippen LogP contribution in [0.2, 0.25) is 0 Å². The standard InChI is InChI=1S/C12H18N2O3S/c1-8(4-2-6-13)11(15)14-10(12(16)17)9-5-3-7-18-9/h3,5,7-8,10H,2,4,6,13H2,1H3,(H,14,15)(H,16,17). The van der Waals surface area contributed by atoms with Crippen LogP contribution in [0.5, 0.6) is 0 Å². The number of carboxylic acid groups (broad SMARTS) is 1. The molecule has 0 aliphatic heterocycles. The summed E-state index contributed by atoms with van der Waals surface area (Å²) in [5.74, 6) is -1.52. The average molecular weight is 270 g/mol. The summed E-state index contributed by atoms with van der Waals surface area (Å²) < 4.78 is 0. The Bertz CT molecular complexity index is 392. The molecule has 1 aromatic rings. The van der Waals surface area contributed by atoms with Gasteiger partial charge in [-0.15, -0.1) is 11.3 Å². The summed E-state index contributed by atoms with van der Waals surface area (Å²) in [6, 6.07) is 2.51. The minimum Gasteiger partial charge on any atom is -0.479 e. The van der Waals surface area contributed by atoms with Gasteiger partial charge in [-0.05, 0) is 30.8 Å². The Hall–Kier alpha value is -1.40. The maximum atomic E-state index is 11.8. The topological polar surface area (TPSA) is 92.4 Å². The Balaban J connectivity index is 2.62. The smallest absolute Gasteiger partial charge is 0.331 e. The average Bonchev–Trinajstić information content (AvgIpc) is 2.85. The lowest BCUT2D eigenvalue weighted by atomic mass is 10.0. The number of aliphatic carboxylic acids is 1. The van der Waals surface area contributed by atoms with Gasteiger partial charge in [0, 0.05) is 10.8 Å². The number of rotatable bonds is 7. The molecule has 0 aliphatic carbocycles. The molecule has 0 aliphatic rings. The van der Waals surface area contributed by atoms with Gasteiger partial charge in [-0.3, -0.25) is 4.79 Å². The largest absolute Gasteiger partial charge is 0.479 e. The van der Waals surface area contributed by atoms with Crippen molar-refractivity contribution in [3.8, 4) is 0 Å². The summed E-state index contributed by atoms with van der Waals surface area (Å²) in [5.41, 5.74) is 5.38. The van der Waals surface area contributed by atoms with Crippen molar-refractivity contribution in [1.29, 1.82) is 0 Å². The van der Waals surface area contributed by atoms with Crippen LogP contribution in [0.4, 0.5) is 0 Å². The first-order chi connectivity index (χ1) is 8.56. The van der Waals surface area contributed by atoms with Crippen molar-refractivity contribution < 1.29 is 14.7 Å². The second-order valence-electron chi connectivity index (χ2n) is 4.13. The number of hydrogen-bond donors (Lipinski definition) is 3. The van der Waals surface area contributed by atoms with Crippen LogP contribution < -0.4 is 11.1 Å². The summed E-state index contributed by atoms with van der Waals surface area (Å²) in [7, 11) is 0. The Morgan fingerprint density at radius 2 is 2.28 bits per heavy atom. The molecule has 1 aromatic heterocycles. The predicted molar refractivity (Wildman–Crippen MR) is 70.3 cm³/mol. The number of nitrogens with one attached hydrogen (secondary N) is 1. The molecule has 0 radical (unpaired) electrons. The van der Waals surface area contributed by atoms with Gasteiger partial charge in [0.1, 0.15) is 0 Å². The maximum Gasteiger partial charge on any atom is 0.331 e. The lowest BCUT2D eigenvalue weighted by Gasteiger charge is -2.16. The quantitative estimate of drug-likeness (QED) is 0.697. The summed E-state index contributed by atoms with van der Waals surface area (Å²) >= 11 is 1.32. The lowest BCUT2D eigenvalue weighted by Crippen LogP contribution is -2.36. The van der Waals surface area contributed by atoms with Crippen molar-refractivity contribution in [2.45, 2.75) is 25.8 Å². The summed E-state index contributed by atoms with van der Waals surface area (Å²) in [6.07, 6.45) is 1.42. The molecule has 0 saturated carbocycles. The van der Waals surface area contributed by atoms with Crippen LogP contribution in [-0.4, -0.2) is 23.5 Å². The first-order valence-electron chi connectivity index (χ1n) is 5.83. The number of carboxylic acids is 1. The third-order valence-electron chi connectivity index (χ3n) is 2.65. The number of carbonyl (C=O) groups is 2. The Labute approximate surface area is 110 Å². The van der Waals surface area contributed by atoms with Gasteiger partial charge in [0.15, 0.2) is 6.04 Å². The Morgan fingerprint density at radius 3 is 2.78 bits per heavy atom. The van der Waals surface area contributed by atoms with Crippen molar-refractivity contribution in [1.82, 2.24) is 5.32 Å². The van der Waals surface area contributed by atoms with E-state index in [1.54, 1.807) is 24.4 Å². The van der Waals surface area contributed by atoms with Crippen LogP contribution in [-0.2, 0) is 9.59 Å². The zero-order valence-electron chi connectivity index (χ0n) is 10.3. The third kappa shape index (κ3) is 4.12. The van der Waals surface area contributed by atoms with Crippen molar-refractivity contribution in [3.63, 3.8) is 0 Å². The fourth-order valence-electron chi connectivity index (χ4n) is 1.55. The van der Waals surface area contributed by atoms with E-state index in [-0.39, 0.29) is 11.8 Å². The van der Waals surface area contributed by atoms with Crippen LogP contribution in [0.3, 0.4) is 0 Å². The second kappa shape index (κ2) is 7.13. The first kappa shape index (κ1) is 14.7. The molecule has 5 nitrogen and oxygen atoms in total. The highest BCUT2D eigenvalue weighted by molar-refractivity contribution is 7.10. The van der Waals surface area contributed by atoms with Gasteiger partial charge < -0.3 is 16.2 Å². The number of hydrogen-bond acceptors (Lipinski definition) is 4. The van der Waals surface area contributed by atoms with E-state index in [0.29, 0.717) is 17.8 Å². The van der Waals surface area contributed by atoms with Crippen LogP contribution >= 0.6 is 11.3 Å². The van der Waals surface area contributed by atoms with Crippen LogP contribution in [0.1, 0.15) is 30.7 Å². The number of amides is 1. The molecular weight excluding hydrogens is 252 g/mol. The molecule has 2 atom stereocenters. The Morgan fingerprint density at radius 1 is 1.56 bits per heavy atom. The van der Waals surface area contributed by atoms with E-state index in [2.05, 4.69) is 5.32 Å². The van der Waals surface area contributed by atoms with E-state index >= 15 is 0 Å². The summed E-state index contributed by atoms with van der Waals surface area (Å²) in [5, 5.41) is 13.5. The molecule has 0 fully saturated rings. The molecule has 1 heterocycles. The fourth-order valence-corrected chi connectivity index (χ4v) is 2.32. The van der Waals surface area contributed by atoms with E-state index in [1.807, 2.05) is 0 Å². The highest BCUT2D eigenvalue weighted by Crippen LogP contribution is 2.20. The fraction of sp³-hybridized carbons (Fsp3) is 0.500. The number of thiophene rings is 1. The van der Waals surface area contributed by atoms with Crippen molar-refractivity contribution >= 4 is 23.2 Å². The van der Waals surface area contributed by atoms with Crippen LogP contribution in [0, 0.1) is 5.92 Å². The van der Waals surface area contributed by atoms with Crippen molar-refractivity contribution in [3.05, 3.63) is 22.4 Å². The van der Waals surface area contributed by atoms with E-state index in [9.17, 15) is 9.59 Å². The molecule has 0 bridgehead atoms. The van der Waals surface area contributed by atoms with E-state index in [4.69, 9.17) is 10.8 Å². The molecule has 4 N–H and O–H groups in total. The minimum atomic E-state index is -1.04. The predicted octanol–water partition coefficient (Wildman–Crippen LogP) is 1.37. The molecule has 0 saturated heterocycles. The molecule has 18 heavy (non-hydrogen) atoms. The summed E-state index contributed by atoms with van der Waals surface area (Å²) in [4.78, 5) is 23.6. The highest BCUT2D eigenvalue weighted by atomic mass is 32.1. The molecule has 100 valence electrons. The molecular formula is C12H18N2O3S. The molecule has 0 aromatic carbocycles. The molecule has 2 unspecified atom stereocenters. The van der Waals surface area contributed by atoms with Gasteiger partial charge in [0.2, 0.25) is 5.91 Å².